The van der Waals surface area contributed by atoms with E-state index in [1.54, 1.807) is 9.58 Å². The largest absolute Gasteiger partial charge is 0.338 e. The lowest BCUT2D eigenvalue weighted by atomic mass is 10.1. The molecule has 8 heteroatoms. The summed E-state index contributed by atoms with van der Waals surface area (Å²) < 4.78 is 1.81. The Hall–Kier alpha value is -2.12. The van der Waals surface area contributed by atoms with Gasteiger partial charge >= 0.3 is 6.03 Å². The Morgan fingerprint density at radius 2 is 2.27 bits per heavy atom. The van der Waals surface area contributed by atoms with Crippen molar-refractivity contribution in [1.29, 1.82) is 0 Å². The summed E-state index contributed by atoms with van der Waals surface area (Å²) >= 11 is 0. The molecule has 2 fully saturated rings. The smallest absolute Gasteiger partial charge is 0.317 e. The SMILES string of the molecule is CCCNC(=O)N1CC(n2cc(CN3CCCC3=O)nn2)C1. The van der Waals surface area contributed by atoms with Gasteiger partial charge in [0.2, 0.25) is 5.91 Å². The van der Waals surface area contributed by atoms with E-state index in [0.29, 0.717) is 32.6 Å². The molecule has 3 rings (SSSR count). The molecule has 3 heterocycles. The van der Waals surface area contributed by atoms with Crippen molar-refractivity contribution in [2.45, 2.75) is 38.8 Å². The maximum absolute atomic E-state index is 11.8. The van der Waals surface area contributed by atoms with Crippen LogP contribution in [-0.2, 0) is 11.3 Å². The van der Waals surface area contributed by atoms with E-state index in [0.717, 1.165) is 25.1 Å². The van der Waals surface area contributed by atoms with Crippen LogP contribution in [0, 0.1) is 0 Å². The molecule has 0 bridgehead atoms. The number of carbonyl (C=O) groups excluding carboxylic acids is 2. The monoisotopic (exact) mass is 306 g/mol. The molecule has 0 unspecified atom stereocenters. The van der Waals surface area contributed by atoms with Crippen LogP contribution in [0.2, 0.25) is 0 Å². The van der Waals surface area contributed by atoms with Crippen LogP contribution in [0.4, 0.5) is 4.79 Å². The summed E-state index contributed by atoms with van der Waals surface area (Å²) in [6.07, 6.45) is 4.39. The molecule has 22 heavy (non-hydrogen) atoms. The van der Waals surface area contributed by atoms with Crippen LogP contribution in [0.5, 0.6) is 0 Å². The average Bonchev–Trinajstić information content (AvgIpc) is 3.06. The minimum absolute atomic E-state index is 0.0129. The molecule has 3 amide bonds. The quantitative estimate of drug-likeness (QED) is 0.852. The molecular weight excluding hydrogens is 284 g/mol. The van der Waals surface area contributed by atoms with Crippen LogP contribution in [0.3, 0.4) is 0 Å². The average molecular weight is 306 g/mol. The fourth-order valence-corrected chi connectivity index (χ4v) is 2.76. The number of likely N-dealkylation sites (tertiary alicyclic amines) is 2. The number of urea groups is 1. The first kappa shape index (κ1) is 14.8. The molecule has 0 radical (unpaired) electrons. The third kappa shape index (κ3) is 3.05. The highest BCUT2D eigenvalue weighted by Gasteiger charge is 2.32. The minimum Gasteiger partial charge on any atom is -0.338 e. The zero-order valence-corrected chi connectivity index (χ0v) is 12.9. The summed E-state index contributed by atoms with van der Waals surface area (Å²) in [5.74, 6) is 0.192. The molecule has 2 aliphatic heterocycles. The van der Waals surface area contributed by atoms with Crippen molar-refractivity contribution in [1.82, 2.24) is 30.1 Å². The summed E-state index contributed by atoms with van der Waals surface area (Å²) in [5, 5.41) is 11.1. The third-order valence-electron chi connectivity index (χ3n) is 4.13. The van der Waals surface area contributed by atoms with Crippen molar-refractivity contribution in [2.75, 3.05) is 26.2 Å². The van der Waals surface area contributed by atoms with Crippen LogP contribution >= 0.6 is 0 Å². The molecule has 0 aliphatic carbocycles. The van der Waals surface area contributed by atoms with Gasteiger partial charge in [0.15, 0.2) is 0 Å². The van der Waals surface area contributed by atoms with Gasteiger partial charge in [0.05, 0.1) is 18.8 Å². The van der Waals surface area contributed by atoms with Crippen molar-refractivity contribution in [2.24, 2.45) is 0 Å². The predicted octanol–water partition coefficient (Wildman–Crippen LogP) is 0.377. The second-order valence-corrected chi connectivity index (χ2v) is 5.90. The van der Waals surface area contributed by atoms with Gasteiger partial charge in [-0.25, -0.2) is 9.48 Å². The highest BCUT2D eigenvalue weighted by Crippen LogP contribution is 2.21. The molecule has 1 aromatic rings. The zero-order chi connectivity index (χ0) is 15.5. The highest BCUT2D eigenvalue weighted by atomic mass is 16.2. The van der Waals surface area contributed by atoms with Gasteiger partial charge in [-0.3, -0.25) is 4.79 Å². The zero-order valence-electron chi connectivity index (χ0n) is 12.9. The minimum atomic E-state index is -0.0129. The molecule has 0 aromatic carbocycles. The second kappa shape index (κ2) is 6.33. The Kier molecular flexibility index (Phi) is 4.26. The molecule has 120 valence electrons. The van der Waals surface area contributed by atoms with Gasteiger partial charge in [-0.05, 0) is 12.8 Å². The van der Waals surface area contributed by atoms with Gasteiger partial charge in [0, 0.05) is 32.6 Å². The Labute approximate surface area is 129 Å². The number of rotatable bonds is 5. The first-order chi connectivity index (χ1) is 10.7. The molecule has 1 aromatic heterocycles. The highest BCUT2D eigenvalue weighted by molar-refractivity contribution is 5.78. The van der Waals surface area contributed by atoms with Gasteiger partial charge in [0.25, 0.3) is 0 Å². The van der Waals surface area contributed by atoms with Crippen LogP contribution in [-0.4, -0.2) is 62.9 Å². The van der Waals surface area contributed by atoms with E-state index >= 15 is 0 Å². The van der Waals surface area contributed by atoms with Gasteiger partial charge in [0.1, 0.15) is 5.69 Å². The lowest BCUT2D eigenvalue weighted by Crippen LogP contribution is -2.54. The summed E-state index contributed by atoms with van der Waals surface area (Å²) in [5.41, 5.74) is 0.809. The van der Waals surface area contributed by atoms with E-state index in [1.165, 1.54) is 0 Å². The van der Waals surface area contributed by atoms with Gasteiger partial charge in [-0.2, -0.15) is 0 Å². The maximum Gasteiger partial charge on any atom is 0.317 e. The van der Waals surface area contributed by atoms with Crippen LogP contribution in [0.25, 0.3) is 0 Å². The maximum atomic E-state index is 11.8. The molecular formula is C14H22N6O2. The standard InChI is InChI=1S/C14H22N6O2/c1-2-5-15-14(22)19-9-12(10-19)20-8-11(16-17-20)7-18-6-3-4-13(18)21/h8,12H,2-7,9-10H2,1H3,(H,15,22). The molecule has 8 nitrogen and oxygen atoms in total. The van der Waals surface area contributed by atoms with E-state index in [1.807, 2.05) is 18.0 Å². The van der Waals surface area contributed by atoms with E-state index in [2.05, 4.69) is 15.6 Å². The van der Waals surface area contributed by atoms with Crippen molar-refractivity contribution >= 4 is 11.9 Å². The van der Waals surface area contributed by atoms with E-state index in [9.17, 15) is 9.59 Å². The molecule has 1 N–H and O–H groups in total. The molecule has 2 aliphatic rings. The Morgan fingerprint density at radius 1 is 1.45 bits per heavy atom. The number of aromatic nitrogens is 3. The molecule has 0 spiro atoms. The number of amides is 3. The van der Waals surface area contributed by atoms with E-state index < -0.39 is 0 Å². The summed E-state index contributed by atoms with van der Waals surface area (Å²) in [4.78, 5) is 27.0. The topological polar surface area (TPSA) is 83.4 Å². The van der Waals surface area contributed by atoms with E-state index in [-0.39, 0.29) is 18.0 Å². The summed E-state index contributed by atoms with van der Waals surface area (Å²) in [6.45, 7) is 5.38. The third-order valence-corrected chi connectivity index (χ3v) is 4.13. The summed E-state index contributed by atoms with van der Waals surface area (Å²) in [7, 11) is 0. The number of nitrogens with one attached hydrogen (secondary N) is 1. The van der Waals surface area contributed by atoms with Crippen molar-refractivity contribution in [3.8, 4) is 0 Å². The first-order valence-electron chi connectivity index (χ1n) is 7.88. The van der Waals surface area contributed by atoms with Crippen LogP contribution < -0.4 is 5.32 Å². The van der Waals surface area contributed by atoms with Crippen LogP contribution in [0.15, 0.2) is 6.20 Å². The second-order valence-electron chi connectivity index (χ2n) is 5.90. The number of hydrogen-bond donors (Lipinski definition) is 1. The van der Waals surface area contributed by atoms with Crippen molar-refractivity contribution < 1.29 is 9.59 Å². The number of nitrogens with zero attached hydrogens (tertiary/aromatic N) is 5. The first-order valence-corrected chi connectivity index (χ1v) is 7.88. The van der Waals surface area contributed by atoms with Gasteiger partial charge in [-0.15, -0.1) is 5.10 Å². The van der Waals surface area contributed by atoms with Gasteiger partial charge < -0.3 is 15.1 Å². The molecule has 0 saturated carbocycles. The van der Waals surface area contributed by atoms with Crippen molar-refractivity contribution in [3.63, 3.8) is 0 Å². The normalized spacial score (nSPS) is 18.7. The summed E-state index contributed by atoms with van der Waals surface area (Å²) in [6, 6.07) is 0.170. The fourth-order valence-electron chi connectivity index (χ4n) is 2.76. The molecule has 0 atom stereocenters. The van der Waals surface area contributed by atoms with Crippen molar-refractivity contribution in [3.05, 3.63) is 11.9 Å². The lowest BCUT2D eigenvalue weighted by molar-refractivity contribution is -0.128. The van der Waals surface area contributed by atoms with Gasteiger partial charge in [-0.1, -0.05) is 12.1 Å². The fraction of sp³-hybridized carbons (Fsp3) is 0.714. The Balaban J connectivity index is 1.49. The predicted molar refractivity (Wildman–Crippen MR) is 79.0 cm³/mol. The van der Waals surface area contributed by atoms with E-state index in [4.69, 9.17) is 0 Å². The number of carbonyl (C=O) groups is 2. The number of hydrogen-bond acceptors (Lipinski definition) is 4. The lowest BCUT2D eigenvalue weighted by Gasteiger charge is -2.38. The Morgan fingerprint density at radius 3 is 2.95 bits per heavy atom. The Bertz CT molecular complexity index is 551. The molecule has 2 saturated heterocycles. The van der Waals surface area contributed by atoms with Crippen LogP contribution in [0.1, 0.15) is 37.9 Å².